The fourth-order valence-corrected chi connectivity index (χ4v) is 2.14. The van der Waals surface area contributed by atoms with E-state index < -0.39 is 22.4 Å². The lowest BCUT2D eigenvalue weighted by Gasteiger charge is -2.10. The highest BCUT2D eigenvalue weighted by Crippen LogP contribution is 2.35. The molecule has 2 rings (SSSR count). The number of anilines is 1. The number of halogens is 3. The first-order valence-electron chi connectivity index (χ1n) is 7.13. The molecule has 0 bridgehead atoms. The Morgan fingerprint density at radius 2 is 1.92 bits per heavy atom. The van der Waals surface area contributed by atoms with Gasteiger partial charge in [-0.1, -0.05) is 6.07 Å². The quantitative estimate of drug-likeness (QED) is 0.471. The van der Waals surface area contributed by atoms with Crippen molar-refractivity contribution < 1.29 is 27.6 Å². The third kappa shape index (κ3) is 4.21. The summed E-state index contributed by atoms with van der Waals surface area (Å²) in [4.78, 5) is 10.1. The van der Waals surface area contributed by atoms with E-state index in [1.165, 1.54) is 20.4 Å². The molecule has 0 atom stereocenters. The van der Waals surface area contributed by atoms with Crippen molar-refractivity contribution in [3.8, 4) is 11.5 Å². The summed E-state index contributed by atoms with van der Waals surface area (Å²) in [5.74, 6) is 0.847. The number of para-hydroxylation sites is 1. The molecule has 0 aliphatic rings. The molecule has 0 unspecified atom stereocenters. The van der Waals surface area contributed by atoms with Crippen molar-refractivity contribution in [2.24, 2.45) is 5.10 Å². The van der Waals surface area contributed by atoms with Crippen molar-refractivity contribution in [2.75, 3.05) is 19.6 Å². The number of rotatable bonds is 6. The molecule has 0 spiro atoms. The lowest BCUT2D eigenvalue weighted by atomic mass is 10.1. The number of nitrogens with one attached hydrogen (secondary N) is 1. The van der Waals surface area contributed by atoms with Gasteiger partial charge >= 0.3 is 6.18 Å². The third-order valence-electron chi connectivity index (χ3n) is 3.34. The van der Waals surface area contributed by atoms with Crippen LogP contribution in [0.15, 0.2) is 41.5 Å². The summed E-state index contributed by atoms with van der Waals surface area (Å²) in [5.41, 5.74) is 0.845. The molecule has 0 fully saturated rings. The van der Waals surface area contributed by atoms with E-state index in [0.29, 0.717) is 23.1 Å². The van der Waals surface area contributed by atoms with Gasteiger partial charge in [-0.05, 0) is 24.3 Å². The van der Waals surface area contributed by atoms with E-state index in [2.05, 4.69) is 10.5 Å². The Labute approximate surface area is 146 Å². The van der Waals surface area contributed by atoms with Crippen molar-refractivity contribution in [1.29, 1.82) is 0 Å². The molecular weight excluding hydrogens is 355 g/mol. The molecule has 10 heteroatoms. The largest absolute Gasteiger partial charge is 0.493 e. The Balaban J connectivity index is 2.30. The lowest BCUT2D eigenvalue weighted by Crippen LogP contribution is -2.06. The first kappa shape index (κ1) is 19.0. The summed E-state index contributed by atoms with van der Waals surface area (Å²) in [5, 5.41) is 14.9. The van der Waals surface area contributed by atoms with Crippen LogP contribution in [-0.4, -0.2) is 25.4 Å². The molecule has 1 N–H and O–H groups in total. The predicted molar refractivity (Wildman–Crippen MR) is 88.9 cm³/mol. The Morgan fingerprint density at radius 1 is 1.19 bits per heavy atom. The number of nitro groups is 1. The monoisotopic (exact) mass is 369 g/mol. The van der Waals surface area contributed by atoms with Crippen LogP contribution in [0.2, 0.25) is 0 Å². The highest BCUT2D eigenvalue weighted by molar-refractivity contribution is 5.85. The van der Waals surface area contributed by atoms with Gasteiger partial charge in [-0.3, -0.25) is 15.5 Å². The normalized spacial score (nSPS) is 11.4. The molecule has 2 aromatic carbocycles. The van der Waals surface area contributed by atoms with Crippen molar-refractivity contribution >= 4 is 17.6 Å². The van der Waals surface area contributed by atoms with Gasteiger partial charge in [0, 0.05) is 11.6 Å². The molecule has 0 saturated heterocycles. The second kappa shape index (κ2) is 7.72. The summed E-state index contributed by atoms with van der Waals surface area (Å²) in [7, 11) is 2.89. The summed E-state index contributed by atoms with van der Waals surface area (Å²) in [6, 6.07) is 7.14. The zero-order valence-electron chi connectivity index (χ0n) is 13.7. The highest BCUT2D eigenvalue weighted by atomic mass is 19.4. The Hall–Kier alpha value is -3.30. The van der Waals surface area contributed by atoms with Gasteiger partial charge in [-0.25, -0.2) is 0 Å². The summed E-state index contributed by atoms with van der Waals surface area (Å²) in [6.45, 7) is 0. The molecule has 0 aromatic heterocycles. The van der Waals surface area contributed by atoms with Gasteiger partial charge in [-0.2, -0.15) is 18.3 Å². The number of nitrogens with zero attached hydrogens (tertiary/aromatic N) is 2. The van der Waals surface area contributed by atoms with E-state index in [0.717, 1.165) is 12.1 Å². The van der Waals surface area contributed by atoms with Crippen LogP contribution >= 0.6 is 0 Å². The standard InChI is InChI=1S/C16H14F3N3O4/c1-25-14-5-3-4-10(15(14)26-2)9-20-21-12-7-6-11(16(17,18)19)8-13(12)22(23)24/h3-9,21H,1-2H3. The SMILES string of the molecule is COc1cccc(C=NNc2ccc(C(F)(F)F)cc2[N+](=O)[O-])c1OC. The number of ether oxygens (including phenoxy) is 2. The van der Waals surface area contributed by atoms with E-state index in [1.54, 1.807) is 18.2 Å². The van der Waals surface area contributed by atoms with Crippen LogP contribution in [0, 0.1) is 10.1 Å². The average Bonchev–Trinajstić information content (AvgIpc) is 2.60. The molecule has 0 aliphatic carbocycles. The number of benzene rings is 2. The zero-order valence-corrected chi connectivity index (χ0v) is 13.7. The second-order valence-electron chi connectivity index (χ2n) is 4.94. The smallest absolute Gasteiger partial charge is 0.416 e. The molecule has 2 aromatic rings. The number of methoxy groups -OCH3 is 2. The highest BCUT2D eigenvalue weighted by Gasteiger charge is 2.33. The Morgan fingerprint density at radius 3 is 2.50 bits per heavy atom. The minimum atomic E-state index is -4.68. The molecule has 0 radical (unpaired) electrons. The van der Waals surface area contributed by atoms with E-state index >= 15 is 0 Å². The van der Waals surface area contributed by atoms with Crippen LogP contribution in [-0.2, 0) is 6.18 Å². The molecule has 0 amide bonds. The third-order valence-corrected chi connectivity index (χ3v) is 3.34. The van der Waals surface area contributed by atoms with Gasteiger partial charge < -0.3 is 9.47 Å². The zero-order chi connectivity index (χ0) is 19.3. The van der Waals surface area contributed by atoms with Crippen LogP contribution in [0.1, 0.15) is 11.1 Å². The van der Waals surface area contributed by atoms with E-state index in [4.69, 9.17) is 9.47 Å². The van der Waals surface area contributed by atoms with Crippen molar-refractivity contribution in [3.05, 3.63) is 57.6 Å². The number of hydrogen-bond donors (Lipinski definition) is 1. The van der Waals surface area contributed by atoms with Crippen molar-refractivity contribution in [1.82, 2.24) is 0 Å². The van der Waals surface area contributed by atoms with Crippen LogP contribution in [0.3, 0.4) is 0 Å². The van der Waals surface area contributed by atoms with Gasteiger partial charge in [0.15, 0.2) is 11.5 Å². The number of alkyl halides is 3. The maximum absolute atomic E-state index is 12.7. The second-order valence-corrected chi connectivity index (χ2v) is 4.94. The van der Waals surface area contributed by atoms with E-state index in [9.17, 15) is 23.3 Å². The molecule has 7 nitrogen and oxygen atoms in total. The van der Waals surface area contributed by atoms with Crippen LogP contribution in [0.5, 0.6) is 11.5 Å². The van der Waals surface area contributed by atoms with Crippen molar-refractivity contribution in [2.45, 2.75) is 6.18 Å². The summed E-state index contributed by atoms with van der Waals surface area (Å²) in [6.07, 6.45) is -3.37. The number of nitro benzene ring substituents is 1. The molecular formula is C16H14F3N3O4. The van der Waals surface area contributed by atoms with Crippen LogP contribution < -0.4 is 14.9 Å². The molecule has 0 heterocycles. The fourth-order valence-electron chi connectivity index (χ4n) is 2.14. The van der Waals surface area contributed by atoms with Gasteiger partial charge in [0.2, 0.25) is 0 Å². The fraction of sp³-hybridized carbons (Fsp3) is 0.188. The Kier molecular flexibility index (Phi) is 5.65. The maximum Gasteiger partial charge on any atom is 0.416 e. The molecule has 0 saturated carbocycles. The minimum Gasteiger partial charge on any atom is -0.493 e. The van der Waals surface area contributed by atoms with E-state index in [-0.39, 0.29) is 5.69 Å². The number of hydrazone groups is 1. The van der Waals surface area contributed by atoms with Gasteiger partial charge in [0.25, 0.3) is 5.69 Å². The minimum absolute atomic E-state index is 0.180. The summed E-state index contributed by atoms with van der Waals surface area (Å²) >= 11 is 0. The van der Waals surface area contributed by atoms with Gasteiger partial charge in [0.1, 0.15) is 5.69 Å². The number of hydrogen-bond acceptors (Lipinski definition) is 6. The first-order chi connectivity index (χ1) is 12.3. The van der Waals surface area contributed by atoms with E-state index in [1.807, 2.05) is 0 Å². The van der Waals surface area contributed by atoms with Crippen LogP contribution in [0.4, 0.5) is 24.5 Å². The van der Waals surface area contributed by atoms with Crippen LogP contribution in [0.25, 0.3) is 0 Å². The van der Waals surface area contributed by atoms with Gasteiger partial charge in [-0.15, -0.1) is 0 Å². The van der Waals surface area contributed by atoms with Gasteiger partial charge in [0.05, 0.1) is 30.9 Å². The summed E-state index contributed by atoms with van der Waals surface area (Å²) < 4.78 is 48.4. The maximum atomic E-state index is 12.7. The Bertz CT molecular complexity index is 838. The first-order valence-corrected chi connectivity index (χ1v) is 7.13. The topological polar surface area (TPSA) is 86.0 Å². The lowest BCUT2D eigenvalue weighted by molar-refractivity contribution is -0.384. The molecule has 138 valence electrons. The molecule has 26 heavy (non-hydrogen) atoms. The predicted octanol–water partition coefficient (Wildman–Crippen LogP) is 4.08. The average molecular weight is 369 g/mol. The molecule has 0 aliphatic heterocycles. The van der Waals surface area contributed by atoms with Crippen molar-refractivity contribution in [3.63, 3.8) is 0 Å².